The second-order valence-electron chi connectivity index (χ2n) is 8.60. The van der Waals surface area contributed by atoms with E-state index in [0.717, 1.165) is 5.92 Å². The van der Waals surface area contributed by atoms with E-state index in [2.05, 4.69) is 26.1 Å². The van der Waals surface area contributed by atoms with Gasteiger partial charge in [-0.3, -0.25) is 0 Å². The molecule has 1 unspecified atom stereocenters. The molecule has 0 heterocycles. The molecule has 0 saturated heterocycles. The second-order valence-corrected chi connectivity index (χ2v) is 8.60. The van der Waals surface area contributed by atoms with Crippen molar-refractivity contribution in [2.24, 2.45) is 22.7 Å². The van der Waals surface area contributed by atoms with Crippen LogP contribution in [0.3, 0.4) is 0 Å². The van der Waals surface area contributed by atoms with E-state index in [4.69, 9.17) is 0 Å². The van der Waals surface area contributed by atoms with Crippen LogP contribution >= 0.6 is 0 Å². The minimum Gasteiger partial charge on any atom is -0.310 e. The number of halogens is 3. The number of nitrogens with one attached hydrogen (secondary N) is 1. The summed E-state index contributed by atoms with van der Waals surface area (Å²) in [4.78, 5) is 0. The molecule has 4 heteroatoms. The zero-order valence-electron chi connectivity index (χ0n) is 13.4. The third kappa shape index (κ3) is 2.62. The van der Waals surface area contributed by atoms with Crippen molar-refractivity contribution >= 4 is 0 Å². The van der Waals surface area contributed by atoms with Crippen molar-refractivity contribution in [1.29, 1.82) is 0 Å². The fourth-order valence-electron chi connectivity index (χ4n) is 5.54. The largest absolute Gasteiger partial charge is 0.391 e. The fraction of sp³-hybridized carbons (Fsp3) is 1.00. The number of hydrogen-bond donors (Lipinski definition) is 1. The maximum absolute atomic E-state index is 12.8. The molecule has 3 saturated carbocycles. The first-order chi connectivity index (χ1) is 9.63. The molecule has 2 bridgehead atoms. The number of fused-ring (bicyclic) bond motifs is 2. The van der Waals surface area contributed by atoms with Gasteiger partial charge in [-0.25, -0.2) is 0 Å². The van der Waals surface area contributed by atoms with Gasteiger partial charge in [-0.15, -0.1) is 0 Å². The van der Waals surface area contributed by atoms with E-state index >= 15 is 0 Å². The summed E-state index contributed by atoms with van der Waals surface area (Å²) in [5.74, 6) is -0.286. The van der Waals surface area contributed by atoms with Crippen LogP contribution in [0.5, 0.6) is 0 Å². The quantitative estimate of drug-likeness (QED) is 0.764. The molecule has 0 amide bonds. The van der Waals surface area contributed by atoms with Gasteiger partial charge in [-0.2, -0.15) is 13.2 Å². The van der Waals surface area contributed by atoms with E-state index in [1.54, 1.807) is 0 Å². The fourth-order valence-corrected chi connectivity index (χ4v) is 5.54. The molecular formula is C17H28F3N. The highest BCUT2D eigenvalue weighted by Gasteiger charge is 2.59. The van der Waals surface area contributed by atoms with Gasteiger partial charge in [-0.1, -0.05) is 20.8 Å². The van der Waals surface area contributed by atoms with Crippen molar-refractivity contribution in [3.8, 4) is 0 Å². The van der Waals surface area contributed by atoms with Gasteiger partial charge in [-0.05, 0) is 61.7 Å². The molecule has 0 radical (unpaired) electrons. The van der Waals surface area contributed by atoms with Gasteiger partial charge in [0.15, 0.2) is 0 Å². The van der Waals surface area contributed by atoms with Crippen molar-refractivity contribution in [1.82, 2.24) is 5.32 Å². The normalized spacial score (nSPS) is 46.0. The third-order valence-corrected chi connectivity index (χ3v) is 6.86. The summed E-state index contributed by atoms with van der Waals surface area (Å²) in [5.41, 5.74) is 0.642. The Morgan fingerprint density at radius 2 is 1.57 bits per heavy atom. The first kappa shape index (κ1) is 15.6. The first-order valence-electron chi connectivity index (χ1n) is 8.46. The average Bonchev–Trinajstić information content (AvgIpc) is 2.85. The first-order valence-corrected chi connectivity index (χ1v) is 8.46. The van der Waals surface area contributed by atoms with E-state index in [0.29, 0.717) is 37.1 Å². The molecule has 3 fully saturated rings. The summed E-state index contributed by atoms with van der Waals surface area (Å²) in [7, 11) is 0. The lowest BCUT2D eigenvalue weighted by atomic mass is 9.68. The lowest BCUT2D eigenvalue weighted by Crippen LogP contribution is -2.54. The van der Waals surface area contributed by atoms with Gasteiger partial charge in [0.25, 0.3) is 0 Å². The Hall–Kier alpha value is -0.250. The van der Waals surface area contributed by atoms with Crippen LogP contribution in [-0.2, 0) is 0 Å². The zero-order valence-corrected chi connectivity index (χ0v) is 13.4. The molecule has 122 valence electrons. The van der Waals surface area contributed by atoms with Gasteiger partial charge in [0.05, 0.1) is 5.92 Å². The predicted molar refractivity (Wildman–Crippen MR) is 78.0 cm³/mol. The molecule has 3 atom stereocenters. The number of rotatable bonds is 2. The van der Waals surface area contributed by atoms with Crippen LogP contribution in [0.4, 0.5) is 13.2 Å². The summed E-state index contributed by atoms with van der Waals surface area (Å²) >= 11 is 0. The Balaban J connectivity index is 1.61. The number of hydrogen-bond acceptors (Lipinski definition) is 1. The van der Waals surface area contributed by atoms with Gasteiger partial charge >= 0.3 is 6.18 Å². The maximum Gasteiger partial charge on any atom is 0.391 e. The molecule has 1 nitrogen and oxygen atoms in total. The van der Waals surface area contributed by atoms with Crippen LogP contribution in [0.25, 0.3) is 0 Å². The molecule has 3 rings (SSSR count). The van der Waals surface area contributed by atoms with Crippen molar-refractivity contribution in [3.05, 3.63) is 0 Å². The minimum atomic E-state index is -4.00. The summed E-state index contributed by atoms with van der Waals surface area (Å²) < 4.78 is 38.3. The molecule has 0 spiro atoms. The van der Waals surface area contributed by atoms with Crippen LogP contribution in [0.2, 0.25) is 0 Å². The topological polar surface area (TPSA) is 12.0 Å². The Labute approximate surface area is 126 Å². The van der Waals surface area contributed by atoms with Crippen molar-refractivity contribution < 1.29 is 13.2 Å². The molecule has 0 aromatic rings. The van der Waals surface area contributed by atoms with Gasteiger partial charge in [0.1, 0.15) is 0 Å². The molecule has 0 aromatic heterocycles. The van der Waals surface area contributed by atoms with Crippen molar-refractivity contribution in [2.75, 3.05) is 0 Å². The maximum atomic E-state index is 12.8. The Morgan fingerprint density at radius 3 is 2.05 bits per heavy atom. The number of alkyl halides is 3. The smallest absolute Gasteiger partial charge is 0.310 e. The lowest BCUT2D eigenvalue weighted by Gasteiger charge is -2.46. The summed E-state index contributed by atoms with van der Waals surface area (Å²) in [6, 6.07) is 0.750. The Bertz CT molecular complexity index is 391. The van der Waals surface area contributed by atoms with Gasteiger partial charge in [0, 0.05) is 12.1 Å². The summed E-state index contributed by atoms with van der Waals surface area (Å²) in [5, 5.41) is 3.78. The second kappa shape index (κ2) is 4.87. The third-order valence-electron chi connectivity index (χ3n) is 6.86. The molecule has 3 aliphatic carbocycles. The highest BCUT2D eigenvalue weighted by atomic mass is 19.4. The molecular weight excluding hydrogens is 275 g/mol. The van der Waals surface area contributed by atoms with E-state index < -0.39 is 12.1 Å². The monoisotopic (exact) mass is 303 g/mol. The average molecular weight is 303 g/mol. The van der Waals surface area contributed by atoms with E-state index in [1.165, 1.54) is 19.3 Å². The summed E-state index contributed by atoms with van der Waals surface area (Å²) in [6.45, 7) is 7.07. The van der Waals surface area contributed by atoms with Crippen LogP contribution in [0, 0.1) is 22.7 Å². The van der Waals surface area contributed by atoms with E-state index in [9.17, 15) is 13.2 Å². The van der Waals surface area contributed by atoms with E-state index in [-0.39, 0.29) is 11.5 Å². The highest BCUT2D eigenvalue weighted by Crippen LogP contribution is 2.62. The minimum absolute atomic E-state index is 0.282. The molecule has 3 aliphatic rings. The van der Waals surface area contributed by atoms with Crippen LogP contribution in [0.1, 0.15) is 65.7 Å². The predicted octanol–water partition coefficient (Wildman–Crippen LogP) is 4.91. The molecule has 1 N–H and O–H groups in total. The van der Waals surface area contributed by atoms with Gasteiger partial charge < -0.3 is 5.32 Å². The van der Waals surface area contributed by atoms with Gasteiger partial charge in [0.2, 0.25) is 0 Å². The van der Waals surface area contributed by atoms with Crippen LogP contribution in [0.15, 0.2) is 0 Å². The molecule has 21 heavy (non-hydrogen) atoms. The molecule has 0 aromatic carbocycles. The van der Waals surface area contributed by atoms with Crippen LogP contribution in [-0.4, -0.2) is 18.3 Å². The Morgan fingerprint density at radius 1 is 0.952 bits per heavy atom. The standard InChI is InChI=1S/C17H28F3N/c1-15(2)12-8-9-16(3,10-12)14(15)21-13-6-4-11(5-7-13)17(18,19)20/h11-14,21H,4-10H2,1-3H3/t11?,12-,13?,14?,16+/m0/s1. The van der Waals surface area contributed by atoms with Crippen molar-refractivity contribution in [2.45, 2.75) is 84.0 Å². The molecule has 0 aliphatic heterocycles. The van der Waals surface area contributed by atoms with E-state index in [1.807, 2.05) is 0 Å². The lowest BCUT2D eigenvalue weighted by molar-refractivity contribution is -0.183. The van der Waals surface area contributed by atoms with Crippen molar-refractivity contribution in [3.63, 3.8) is 0 Å². The Kier molecular flexibility index (Phi) is 3.63. The zero-order chi connectivity index (χ0) is 15.5. The summed E-state index contributed by atoms with van der Waals surface area (Å²) in [6.07, 6.45) is 1.84. The SMILES string of the molecule is CC1(C)C(NC2CCC(C(F)(F)F)CC2)[C@]2(C)CC[C@H]1C2. The van der Waals surface area contributed by atoms with Crippen LogP contribution < -0.4 is 5.32 Å². The highest BCUT2D eigenvalue weighted by molar-refractivity contribution is 5.12.